The third kappa shape index (κ3) is 2.73. The minimum absolute atomic E-state index is 0.0410. The highest BCUT2D eigenvalue weighted by Crippen LogP contribution is 2.25. The van der Waals surface area contributed by atoms with Gasteiger partial charge in [0.2, 0.25) is 0 Å². The molecule has 1 aliphatic heterocycles. The van der Waals surface area contributed by atoms with E-state index in [0.29, 0.717) is 18.7 Å². The molecule has 0 spiro atoms. The van der Waals surface area contributed by atoms with Crippen LogP contribution in [0.25, 0.3) is 11.0 Å². The zero-order valence-corrected chi connectivity index (χ0v) is 14.3. The molecule has 0 radical (unpaired) electrons. The van der Waals surface area contributed by atoms with Gasteiger partial charge in [-0.2, -0.15) is 5.10 Å². The first-order valence-electron chi connectivity index (χ1n) is 8.46. The number of carbonyl (C=O) groups excluding carboxylic acids is 1. The Balaban J connectivity index is 1.62. The Bertz CT molecular complexity index is 961. The fourth-order valence-electron chi connectivity index (χ4n) is 3.33. The average molecular weight is 336 g/mol. The van der Waals surface area contributed by atoms with Crippen molar-refractivity contribution in [2.24, 2.45) is 0 Å². The SMILES string of the molecule is CC(C)n1ncc2cc(C(=O)N3CCc4ccc(O)cc4C3)cnc21. The Morgan fingerprint density at radius 3 is 2.84 bits per heavy atom. The van der Waals surface area contributed by atoms with E-state index in [4.69, 9.17) is 0 Å². The van der Waals surface area contributed by atoms with E-state index in [1.54, 1.807) is 29.4 Å². The van der Waals surface area contributed by atoms with Crippen LogP contribution in [-0.2, 0) is 13.0 Å². The summed E-state index contributed by atoms with van der Waals surface area (Å²) in [7, 11) is 0. The Labute approximate surface area is 145 Å². The van der Waals surface area contributed by atoms with Gasteiger partial charge >= 0.3 is 0 Å². The lowest BCUT2D eigenvalue weighted by Gasteiger charge is -2.29. The fraction of sp³-hybridized carbons (Fsp3) is 0.316. The maximum absolute atomic E-state index is 12.9. The Kier molecular flexibility index (Phi) is 3.67. The Morgan fingerprint density at radius 2 is 2.04 bits per heavy atom. The second-order valence-corrected chi connectivity index (χ2v) is 6.75. The lowest BCUT2D eigenvalue weighted by molar-refractivity contribution is 0.0734. The zero-order chi connectivity index (χ0) is 17.6. The van der Waals surface area contributed by atoms with Crippen molar-refractivity contribution in [1.82, 2.24) is 19.7 Å². The molecule has 0 saturated carbocycles. The topological polar surface area (TPSA) is 71.2 Å². The molecule has 3 aromatic rings. The van der Waals surface area contributed by atoms with E-state index in [2.05, 4.69) is 10.1 Å². The van der Waals surface area contributed by atoms with Crippen LogP contribution in [0, 0.1) is 0 Å². The highest BCUT2D eigenvalue weighted by Gasteiger charge is 2.23. The first kappa shape index (κ1) is 15.6. The van der Waals surface area contributed by atoms with E-state index in [1.807, 2.05) is 30.7 Å². The van der Waals surface area contributed by atoms with E-state index in [9.17, 15) is 9.90 Å². The third-order valence-electron chi connectivity index (χ3n) is 4.66. The van der Waals surface area contributed by atoms with Crippen molar-refractivity contribution >= 4 is 16.9 Å². The minimum atomic E-state index is -0.0410. The highest BCUT2D eigenvalue weighted by molar-refractivity contribution is 5.97. The van der Waals surface area contributed by atoms with Crippen LogP contribution in [0.2, 0.25) is 0 Å². The molecule has 25 heavy (non-hydrogen) atoms. The smallest absolute Gasteiger partial charge is 0.255 e. The summed E-state index contributed by atoms with van der Waals surface area (Å²) in [5.74, 6) is 0.193. The molecule has 1 aromatic carbocycles. The molecule has 6 heteroatoms. The predicted octanol–water partition coefficient (Wildman–Crippen LogP) is 2.92. The molecule has 128 valence electrons. The zero-order valence-electron chi connectivity index (χ0n) is 14.3. The number of aromatic hydroxyl groups is 1. The van der Waals surface area contributed by atoms with Crippen LogP contribution in [0.15, 0.2) is 36.7 Å². The number of hydrogen-bond donors (Lipinski definition) is 1. The molecule has 0 bridgehead atoms. The van der Waals surface area contributed by atoms with Crippen molar-refractivity contribution < 1.29 is 9.90 Å². The predicted molar refractivity (Wildman–Crippen MR) is 94.5 cm³/mol. The number of pyridine rings is 1. The number of phenolic OH excluding ortho intramolecular Hbond substituents is 1. The van der Waals surface area contributed by atoms with E-state index in [1.165, 1.54) is 5.56 Å². The second kappa shape index (κ2) is 5.88. The summed E-state index contributed by atoms with van der Waals surface area (Å²) >= 11 is 0. The first-order valence-corrected chi connectivity index (χ1v) is 8.46. The lowest BCUT2D eigenvalue weighted by atomic mass is 9.99. The summed E-state index contributed by atoms with van der Waals surface area (Å²) in [6.45, 7) is 5.27. The van der Waals surface area contributed by atoms with Crippen LogP contribution in [0.1, 0.15) is 41.4 Å². The molecule has 4 rings (SSSR count). The van der Waals surface area contributed by atoms with E-state index in [0.717, 1.165) is 23.0 Å². The molecule has 3 heterocycles. The van der Waals surface area contributed by atoms with Crippen LogP contribution in [0.3, 0.4) is 0 Å². The molecule has 0 atom stereocenters. The van der Waals surface area contributed by atoms with Gasteiger partial charge in [0.15, 0.2) is 5.65 Å². The van der Waals surface area contributed by atoms with Gasteiger partial charge in [-0.05, 0) is 49.6 Å². The van der Waals surface area contributed by atoms with Crippen LogP contribution in [0.5, 0.6) is 5.75 Å². The molecule has 1 aliphatic rings. The Hall–Kier alpha value is -2.89. The van der Waals surface area contributed by atoms with Gasteiger partial charge in [0, 0.05) is 30.7 Å². The van der Waals surface area contributed by atoms with Gasteiger partial charge in [0.05, 0.1) is 11.8 Å². The number of rotatable bonds is 2. The molecule has 2 aromatic heterocycles. The van der Waals surface area contributed by atoms with Gasteiger partial charge in [0.1, 0.15) is 5.75 Å². The number of nitrogens with zero attached hydrogens (tertiary/aromatic N) is 4. The summed E-state index contributed by atoms with van der Waals surface area (Å²) in [6, 6.07) is 7.44. The van der Waals surface area contributed by atoms with Gasteiger partial charge in [-0.15, -0.1) is 0 Å². The van der Waals surface area contributed by atoms with Crippen LogP contribution in [-0.4, -0.2) is 37.2 Å². The van der Waals surface area contributed by atoms with Crippen molar-refractivity contribution in [2.45, 2.75) is 32.9 Å². The van der Waals surface area contributed by atoms with E-state index in [-0.39, 0.29) is 17.7 Å². The van der Waals surface area contributed by atoms with Crippen LogP contribution in [0.4, 0.5) is 0 Å². The van der Waals surface area contributed by atoms with Gasteiger partial charge < -0.3 is 10.0 Å². The molecule has 0 unspecified atom stereocenters. The van der Waals surface area contributed by atoms with Crippen molar-refractivity contribution in [2.75, 3.05) is 6.54 Å². The molecule has 0 saturated heterocycles. The largest absolute Gasteiger partial charge is 0.508 e. The second-order valence-electron chi connectivity index (χ2n) is 6.75. The van der Waals surface area contributed by atoms with Crippen molar-refractivity contribution in [1.29, 1.82) is 0 Å². The maximum Gasteiger partial charge on any atom is 0.255 e. The first-order chi connectivity index (χ1) is 12.0. The molecule has 6 nitrogen and oxygen atoms in total. The summed E-state index contributed by atoms with van der Waals surface area (Å²) in [4.78, 5) is 19.1. The van der Waals surface area contributed by atoms with Gasteiger partial charge in [0.25, 0.3) is 5.91 Å². The van der Waals surface area contributed by atoms with Crippen LogP contribution >= 0.6 is 0 Å². The summed E-state index contributed by atoms with van der Waals surface area (Å²) in [5, 5.41) is 14.9. The van der Waals surface area contributed by atoms with E-state index < -0.39 is 0 Å². The number of benzene rings is 1. The number of carbonyl (C=O) groups is 1. The van der Waals surface area contributed by atoms with E-state index >= 15 is 0 Å². The number of fused-ring (bicyclic) bond motifs is 2. The molecule has 1 amide bonds. The van der Waals surface area contributed by atoms with Gasteiger partial charge in [-0.1, -0.05) is 6.07 Å². The number of hydrogen-bond acceptors (Lipinski definition) is 4. The molecule has 0 fully saturated rings. The third-order valence-corrected chi connectivity index (χ3v) is 4.66. The van der Waals surface area contributed by atoms with Crippen LogP contribution < -0.4 is 0 Å². The quantitative estimate of drug-likeness (QED) is 0.781. The van der Waals surface area contributed by atoms with Gasteiger partial charge in [-0.25, -0.2) is 9.67 Å². The van der Waals surface area contributed by atoms with Crippen molar-refractivity contribution in [3.05, 3.63) is 53.3 Å². The Morgan fingerprint density at radius 1 is 1.20 bits per heavy atom. The number of amides is 1. The molecular formula is C19H20N4O2. The lowest BCUT2D eigenvalue weighted by Crippen LogP contribution is -2.36. The average Bonchev–Trinajstić information content (AvgIpc) is 3.03. The summed E-state index contributed by atoms with van der Waals surface area (Å²) in [6.07, 6.45) is 4.17. The highest BCUT2D eigenvalue weighted by atomic mass is 16.3. The maximum atomic E-state index is 12.9. The molecule has 0 aliphatic carbocycles. The standard InChI is InChI=1S/C19H20N4O2/c1-12(2)23-18-14(10-21-23)7-15(9-20-18)19(25)22-6-5-13-3-4-17(24)8-16(13)11-22/h3-4,7-10,12,24H,5-6,11H2,1-2H3. The monoisotopic (exact) mass is 336 g/mol. The van der Waals surface area contributed by atoms with Gasteiger partial charge in [-0.3, -0.25) is 4.79 Å². The van der Waals surface area contributed by atoms with Crippen molar-refractivity contribution in [3.63, 3.8) is 0 Å². The fourth-order valence-corrected chi connectivity index (χ4v) is 3.33. The van der Waals surface area contributed by atoms with Crippen molar-refractivity contribution in [3.8, 4) is 5.75 Å². The summed E-state index contributed by atoms with van der Waals surface area (Å²) in [5.41, 5.74) is 3.55. The molecule has 1 N–H and O–H groups in total. The number of phenols is 1. The summed E-state index contributed by atoms with van der Waals surface area (Å²) < 4.78 is 1.85. The number of aromatic nitrogens is 3. The molecular weight excluding hydrogens is 316 g/mol. The minimum Gasteiger partial charge on any atom is -0.508 e. The normalized spacial score (nSPS) is 14.1.